The van der Waals surface area contributed by atoms with Crippen LogP contribution < -0.4 is 5.56 Å². The Morgan fingerprint density at radius 2 is 2.00 bits per heavy atom. The molecule has 0 saturated carbocycles. The number of H-pyrrole nitrogens is 1. The number of hydrogen-bond acceptors (Lipinski definition) is 5. The van der Waals surface area contributed by atoms with Crippen molar-refractivity contribution in [3.05, 3.63) is 60.4 Å². The normalized spacial score (nSPS) is 10.8. The number of aromatic hydroxyl groups is 1. The van der Waals surface area contributed by atoms with Gasteiger partial charge in [-0.1, -0.05) is 0 Å². The Kier molecular flexibility index (Phi) is 3.53. The molecule has 0 aliphatic rings. The number of nitrogens with one attached hydrogen (secondary N) is 1. The average molecular weight is 409 g/mol. The number of nitrogens with zero attached hydrogens (tertiary/aromatic N) is 2. The van der Waals surface area contributed by atoms with Gasteiger partial charge in [-0.05, 0) is 46.9 Å². The van der Waals surface area contributed by atoms with Gasteiger partial charge in [0.1, 0.15) is 11.6 Å². The number of aromatic nitrogens is 2. The van der Waals surface area contributed by atoms with Crippen molar-refractivity contribution < 1.29 is 10.0 Å². The summed E-state index contributed by atoms with van der Waals surface area (Å²) in [6.07, 6.45) is 0. The SMILES string of the molecule is O=c1[nH]c(-c2cc(I)ccc2O)nc2ccc([N+](=O)[O-])cc12. The lowest BCUT2D eigenvalue weighted by Crippen LogP contribution is -2.10. The molecule has 2 aromatic carbocycles. The van der Waals surface area contributed by atoms with E-state index in [0.717, 1.165) is 3.57 Å². The third-order valence-electron chi connectivity index (χ3n) is 3.11. The zero-order valence-corrected chi connectivity index (χ0v) is 13.1. The topological polar surface area (TPSA) is 109 Å². The molecule has 0 fully saturated rings. The van der Waals surface area contributed by atoms with Crippen molar-refractivity contribution in [2.24, 2.45) is 0 Å². The van der Waals surface area contributed by atoms with E-state index in [1.165, 1.54) is 24.3 Å². The molecule has 0 saturated heterocycles. The number of nitro benzene ring substituents is 1. The zero-order chi connectivity index (χ0) is 15.9. The lowest BCUT2D eigenvalue weighted by atomic mass is 10.1. The van der Waals surface area contributed by atoms with E-state index in [1.54, 1.807) is 12.1 Å². The molecule has 0 bridgehead atoms. The third-order valence-corrected chi connectivity index (χ3v) is 3.78. The lowest BCUT2D eigenvalue weighted by molar-refractivity contribution is -0.384. The number of aromatic amines is 1. The predicted octanol–water partition coefficient (Wildman–Crippen LogP) is 2.81. The Balaban J connectivity index is 2.26. The molecule has 0 aliphatic heterocycles. The van der Waals surface area contributed by atoms with Crippen LogP contribution in [0.15, 0.2) is 41.2 Å². The van der Waals surface area contributed by atoms with Crippen LogP contribution in [0.5, 0.6) is 5.75 Å². The van der Waals surface area contributed by atoms with E-state index in [-0.39, 0.29) is 22.6 Å². The highest BCUT2D eigenvalue weighted by Gasteiger charge is 2.13. The van der Waals surface area contributed by atoms with E-state index in [9.17, 15) is 20.0 Å². The molecular formula is C14H8IN3O4. The Hall–Kier alpha value is -2.49. The fourth-order valence-corrected chi connectivity index (χ4v) is 2.56. The van der Waals surface area contributed by atoms with Crippen LogP contribution in [0.4, 0.5) is 5.69 Å². The molecule has 0 atom stereocenters. The Bertz CT molecular complexity index is 968. The van der Waals surface area contributed by atoms with Gasteiger partial charge in [-0.3, -0.25) is 14.9 Å². The molecule has 0 aliphatic carbocycles. The number of phenolic OH excluding ortho intramolecular Hbond substituents is 1. The molecule has 0 spiro atoms. The summed E-state index contributed by atoms with van der Waals surface area (Å²) < 4.78 is 0.872. The maximum Gasteiger partial charge on any atom is 0.270 e. The Morgan fingerprint density at radius 1 is 1.23 bits per heavy atom. The number of halogens is 1. The van der Waals surface area contributed by atoms with Crippen molar-refractivity contribution in [3.63, 3.8) is 0 Å². The lowest BCUT2D eigenvalue weighted by Gasteiger charge is -2.06. The summed E-state index contributed by atoms with van der Waals surface area (Å²) >= 11 is 2.08. The van der Waals surface area contributed by atoms with E-state index in [0.29, 0.717) is 11.1 Å². The molecule has 3 rings (SSSR count). The Labute approximate surface area is 136 Å². The van der Waals surface area contributed by atoms with Crippen LogP contribution in [0.1, 0.15) is 0 Å². The number of nitro groups is 1. The molecule has 0 amide bonds. The molecule has 22 heavy (non-hydrogen) atoms. The highest BCUT2D eigenvalue weighted by atomic mass is 127. The number of rotatable bonds is 2. The number of hydrogen-bond donors (Lipinski definition) is 2. The monoisotopic (exact) mass is 409 g/mol. The van der Waals surface area contributed by atoms with Crippen LogP contribution >= 0.6 is 22.6 Å². The van der Waals surface area contributed by atoms with Gasteiger partial charge in [-0.25, -0.2) is 4.98 Å². The van der Waals surface area contributed by atoms with Gasteiger partial charge >= 0.3 is 0 Å². The quantitative estimate of drug-likeness (QED) is 0.385. The standard InChI is InChI=1S/C14H8IN3O4/c15-7-1-4-12(19)10(5-7)13-16-11-3-2-8(18(21)22)6-9(11)14(20)17-13/h1-6,19H,(H,16,17,20). The van der Waals surface area contributed by atoms with Crippen LogP contribution in [0.2, 0.25) is 0 Å². The largest absolute Gasteiger partial charge is 0.507 e. The summed E-state index contributed by atoms with van der Waals surface area (Å²) in [6, 6.07) is 8.80. The number of non-ortho nitro benzene ring substituents is 1. The van der Waals surface area contributed by atoms with Crippen molar-refractivity contribution in [3.8, 4) is 17.1 Å². The summed E-state index contributed by atoms with van der Waals surface area (Å²) in [6.45, 7) is 0. The van der Waals surface area contributed by atoms with Crippen molar-refractivity contribution in [1.29, 1.82) is 0 Å². The van der Waals surface area contributed by atoms with Gasteiger partial charge in [0.05, 0.1) is 21.4 Å². The van der Waals surface area contributed by atoms with E-state index in [2.05, 4.69) is 32.6 Å². The van der Waals surface area contributed by atoms with Gasteiger partial charge in [0, 0.05) is 15.7 Å². The first-order valence-electron chi connectivity index (χ1n) is 6.13. The van der Waals surface area contributed by atoms with Crippen molar-refractivity contribution >= 4 is 39.2 Å². The molecule has 0 unspecified atom stereocenters. The second-order valence-electron chi connectivity index (χ2n) is 4.53. The maximum atomic E-state index is 12.1. The minimum absolute atomic E-state index is 0.00942. The first-order valence-corrected chi connectivity index (χ1v) is 7.21. The number of fused-ring (bicyclic) bond motifs is 1. The average Bonchev–Trinajstić information content (AvgIpc) is 2.49. The van der Waals surface area contributed by atoms with Gasteiger partial charge < -0.3 is 10.1 Å². The fraction of sp³-hybridized carbons (Fsp3) is 0. The molecule has 0 radical (unpaired) electrons. The highest BCUT2D eigenvalue weighted by Crippen LogP contribution is 2.28. The van der Waals surface area contributed by atoms with Crippen LogP contribution in [0.3, 0.4) is 0 Å². The molecular weight excluding hydrogens is 401 g/mol. The molecule has 3 aromatic rings. The molecule has 7 nitrogen and oxygen atoms in total. The molecule has 8 heteroatoms. The number of benzene rings is 2. The summed E-state index contributed by atoms with van der Waals surface area (Å²) in [4.78, 5) is 29.2. The van der Waals surface area contributed by atoms with Crippen molar-refractivity contribution in [1.82, 2.24) is 9.97 Å². The second kappa shape index (κ2) is 5.37. The predicted molar refractivity (Wildman–Crippen MR) is 88.8 cm³/mol. The summed E-state index contributed by atoms with van der Waals surface area (Å²) in [5.74, 6) is 0.201. The van der Waals surface area contributed by atoms with Crippen LogP contribution in [0, 0.1) is 13.7 Å². The van der Waals surface area contributed by atoms with Gasteiger partial charge in [0.15, 0.2) is 0 Å². The molecule has 1 heterocycles. The molecule has 2 N–H and O–H groups in total. The fourth-order valence-electron chi connectivity index (χ4n) is 2.07. The van der Waals surface area contributed by atoms with Gasteiger partial charge in [-0.2, -0.15) is 0 Å². The van der Waals surface area contributed by atoms with E-state index >= 15 is 0 Å². The van der Waals surface area contributed by atoms with Crippen molar-refractivity contribution in [2.45, 2.75) is 0 Å². The minimum Gasteiger partial charge on any atom is -0.507 e. The van der Waals surface area contributed by atoms with Gasteiger partial charge in [-0.15, -0.1) is 0 Å². The van der Waals surface area contributed by atoms with E-state index in [4.69, 9.17) is 0 Å². The highest BCUT2D eigenvalue weighted by molar-refractivity contribution is 14.1. The minimum atomic E-state index is -0.571. The number of phenols is 1. The van der Waals surface area contributed by atoms with E-state index in [1.807, 2.05) is 0 Å². The van der Waals surface area contributed by atoms with Gasteiger partial charge in [0.25, 0.3) is 11.2 Å². The van der Waals surface area contributed by atoms with Crippen LogP contribution in [0.25, 0.3) is 22.3 Å². The van der Waals surface area contributed by atoms with Crippen molar-refractivity contribution in [2.75, 3.05) is 0 Å². The van der Waals surface area contributed by atoms with Gasteiger partial charge in [0.2, 0.25) is 0 Å². The molecule has 110 valence electrons. The smallest absolute Gasteiger partial charge is 0.270 e. The van der Waals surface area contributed by atoms with E-state index < -0.39 is 10.5 Å². The summed E-state index contributed by atoms with van der Waals surface area (Å²) in [5.41, 5.74) is 0.0403. The first kappa shape index (κ1) is 14.4. The zero-order valence-electron chi connectivity index (χ0n) is 10.9. The first-order chi connectivity index (χ1) is 10.5. The maximum absolute atomic E-state index is 12.1. The third kappa shape index (κ3) is 2.52. The van der Waals surface area contributed by atoms with Crippen LogP contribution in [-0.2, 0) is 0 Å². The Morgan fingerprint density at radius 3 is 2.73 bits per heavy atom. The van der Waals surface area contributed by atoms with Crippen LogP contribution in [-0.4, -0.2) is 20.0 Å². The summed E-state index contributed by atoms with van der Waals surface area (Å²) in [5, 5.41) is 20.8. The summed E-state index contributed by atoms with van der Waals surface area (Å²) in [7, 11) is 0. The second-order valence-corrected chi connectivity index (χ2v) is 5.78. The molecule has 1 aromatic heterocycles.